The Morgan fingerprint density at radius 2 is 1.67 bits per heavy atom. The Hall–Kier alpha value is -1.77. The first-order valence-corrected chi connectivity index (χ1v) is 9.42. The second kappa shape index (κ2) is 6.27. The molecule has 0 aliphatic heterocycles. The molecule has 3 heteroatoms. The lowest BCUT2D eigenvalue weighted by Gasteiger charge is -2.59. The van der Waals surface area contributed by atoms with Gasteiger partial charge in [-0.05, 0) is 80.3 Å². The van der Waals surface area contributed by atoms with Crippen LogP contribution in [-0.2, 0) is 0 Å². The van der Waals surface area contributed by atoms with Crippen LogP contribution in [-0.4, -0.2) is 12.1 Å². The van der Waals surface area contributed by atoms with Crippen LogP contribution in [0.25, 0.3) is 6.08 Å². The van der Waals surface area contributed by atoms with Crippen molar-refractivity contribution in [2.75, 3.05) is 0 Å². The van der Waals surface area contributed by atoms with E-state index < -0.39 is 0 Å². The summed E-state index contributed by atoms with van der Waals surface area (Å²) in [7, 11) is 0. The van der Waals surface area contributed by atoms with Crippen molar-refractivity contribution < 1.29 is 4.79 Å². The molecule has 4 saturated carbocycles. The summed E-state index contributed by atoms with van der Waals surface area (Å²) < 4.78 is 0. The zero-order valence-corrected chi connectivity index (χ0v) is 14.5. The predicted octanol–water partition coefficient (Wildman–Crippen LogP) is 4.56. The highest BCUT2D eigenvalue weighted by atomic mass is 16.2. The Morgan fingerprint density at radius 1 is 1.08 bits per heavy atom. The number of rotatable bonds is 4. The fourth-order valence-corrected chi connectivity index (χ4v) is 5.88. The van der Waals surface area contributed by atoms with Gasteiger partial charge in [0.05, 0.1) is 0 Å². The van der Waals surface area contributed by atoms with Gasteiger partial charge in [-0.3, -0.25) is 0 Å². The van der Waals surface area contributed by atoms with Gasteiger partial charge in [-0.1, -0.05) is 30.3 Å². The maximum atomic E-state index is 12.3. The van der Waals surface area contributed by atoms with Crippen molar-refractivity contribution in [3.63, 3.8) is 0 Å². The van der Waals surface area contributed by atoms with Crippen LogP contribution in [0.3, 0.4) is 0 Å². The minimum Gasteiger partial charge on any atom is -0.335 e. The minimum atomic E-state index is -0.0783. The second-order valence-corrected chi connectivity index (χ2v) is 8.36. The molecule has 1 atom stereocenters. The Balaban J connectivity index is 1.33. The van der Waals surface area contributed by atoms with Crippen molar-refractivity contribution in [1.82, 2.24) is 10.6 Å². The fraction of sp³-hybridized carbons (Fsp3) is 0.571. The van der Waals surface area contributed by atoms with E-state index in [9.17, 15) is 4.79 Å². The molecule has 2 amide bonds. The van der Waals surface area contributed by atoms with Crippen molar-refractivity contribution >= 4 is 12.1 Å². The van der Waals surface area contributed by atoms with E-state index in [4.69, 9.17) is 0 Å². The van der Waals surface area contributed by atoms with Crippen LogP contribution in [0.1, 0.15) is 51.0 Å². The average Bonchev–Trinajstić information content (AvgIpc) is 2.54. The Labute approximate surface area is 144 Å². The summed E-state index contributed by atoms with van der Waals surface area (Å²) in [4.78, 5) is 12.3. The van der Waals surface area contributed by atoms with Crippen molar-refractivity contribution in [1.29, 1.82) is 0 Å². The smallest absolute Gasteiger partial charge is 0.318 e. The monoisotopic (exact) mass is 324 g/mol. The number of amides is 2. The molecule has 4 aliphatic carbocycles. The number of nitrogens with one attached hydrogen (secondary N) is 2. The van der Waals surface area contributed by atoms with Gasteiger partial charge in [0, 0.05) is 12.2 Å². The number of carbonyl (C=O) groups is 1. The maximum absolute atomic E-state index is 12.3. The molecule has 1 aromatic rings. The molecule has 0 heterocycles. The Morgan fingerprint density at radius 3 is 2.25 bits per heavy atom. The van der Waals surface area contributed by atoms with Crippen molar-refractivity contribution in [2.24, 2.45) is 23.2 Å². The number of hydrogen-bond donors (Lipinski definition) is 2. The molecule has 1 aromatic carbocycles. The highest BCUT2D eigenvalue weighted by Crippen LogP contribution is 2.61. The minimum absolute atomic E-state index is 0.0783. The van der Waals surface area contributed by atoms with E-state index in [2.05, 4.69) is 17.6 Å². The van der Waals surface area contributed by atoms with E-state index in [1.54, 1.807) is 6.20 Å². The first kappa shape index (κ1) is 15.7. The highest BCUT2D eigenvalue weighted by molar-refractivity contribution is 5.76. The molecular weight excluding hydrogens is 296 g/mol. The predicted molar refractivity (Wildman–Crippen MR) is 97.2 cm³/mol. The average molecular weight is 324 g/mol. The van der Waals surface area contributed by atoms with Gasteiger partial charge >= 0.3 is 6.03 Å². The second-order valence-electron chi connectivity index (χ2n) is 8.36. The molecule has 0 aromatic heterocycles. The molecule has 1 unspecified atom stereocenters. The highest BCUT2D eigenvalue weighted by Gasteiger charge is 2.53. The molecule has 0 spiro atoms. The summed E-state index contributed by atoms with van der Waals surface area (Å²) in [6.07, 6.45) is 11.9. The van der Waals surface area contributed by atoms with E-state index >= 15 is 0 Å². The summed E-state index contributed by atoms with van der Waals surface area (Å²) in [6.45, 7) is 2.22. The summed E-state index contributed by atoms with van der Waals surface area (Å²) >= 11 is 0. The van der Waals surface area contributed by atoms with Gasteiger partial charge in [-0.15, -0.1) is 0 Å². The molecule has 5 rings (SSSR count). The zero-order valence-electron chi connectivity index (χ0n) is 14.5. The molecule has 4 fully saturated rings. The van der Waals surface area contributed by atoms with Gasteiger partial charge in [0.2, 0.25) is 0 Å². The number of benzene rings is 1. The summed E-state index contributed by atoms with van der Waals surface area (Å²) in [5, 5.41) is 6.09. The lowest BCUT2D eigenvalue weighted by Crippen LogP contribution is -2.56. The lowest BCUT2D eigenvalue weighted by atomic mass is 9.48. The normalized spacial score (nSPS) is 35.1. The Kier molecular flexibility index (Phi) is 4.11. The van der Waals surface area contributed by atoms with Gasteiger partial charge in [-0.2, -0.15) is 0 Å². The maximum Gasteiger partial charge on any atom is 0.318 e. The van der Waals surface area contributed by atoms with E-state index in [-0.39, 0.29) is 12.1 Å². The van der Waals surface area contributed by atoms with Gasteiger partial charge in [0.15, 0.2) is 0 Å². The summed E-state index contributed by atoms with van der Waals surface area (Å²) in [5.74, 6) is 2.75. The molecule has 128 valence electrons. The number of carbonyl (C=O) groups excluding carboxylic acids is 1. The zero-order chi connectivity index (χ0) is 16.6. The molecule has 24 heavy (non-hydrogen) atoms. The molecule has 2 N–H and O–H groups in total. The quantitative estimate of drug-likeness (QED) is 0.837. The van der Waals surface area contributed by atoms with Crippen LogP contribution in [0.5, 0.6) is 0 Å². The third kappa shape index (κ3) is 3.09. The van der Waals surface area contributed by atoms with Crippen molar-refractivity contribution in [3.8, 4) is 0 Å². The van der Waals surface area contributed by atoms with Crippen molar-refractivity contribution in [2.45, 2.75) is 51.5 Å². The van der Waals surface area contributed by atoms with Crippen LogP contribution in [0.4, 0.5) is 4.79 Å². The number of hydrogen-bond acceptors (Lipinski definition) is 1. The first-order chi connectivity index (χ1) is 11.6. The molecule has 4 aliphatic rings. The van der Waals surface area contributed by atoms with Crippen molar-refractivity contribution in [3.05, 3.63) is 42.1 Å². The van der Waals surface area contributed by atoms with Crippen LogP contribution < -0.4 is 10.6 Å². The van der Waals surface area contributed by atoms with Gasteiger partial charge < -0.3 is 10.6 Å². The third-order valence-electron chi connectivity index (χ3n) is 6.64. The van der Waals surface area contributed by atoms with Gasteiger partial charge in [0.1, 0.15) is 0 Å². The largest absolute Gasteiger partial charge is 0.335 e. The van der Waals surface area contributed by atoms with Gasteiger partial charge in [0.25, 0.3) is 0 Å². The standard InChI is InChI=1S/C21H28N2O/c1-15(21-12-17-9-18(13-21)11-19(10-17)14-21)23-20(24)22-8-7-16-5-3-2-4-6-16/h2-8,15,17-19H,9-14H2,1H3,(H2,22,23,24)/b8-7+. The molecular formula is C21H28N2O. The Bertz CT molecular complexity index is 587. The van der Waals surface area contributed by atoms with Gasteiger partial charge in [-0.25, -0.2) is 4.79 Å². The van der Waals surface area contributed by atoms with E-state index in [0.29, 0.717) is 5.41 Å². The van der Waals surface area contributed by atoms with E-state index in [1.807, 2.05) is 36.4 Å². The van der Waals surface area contributed by atoms with Crippen LogP contribution in [0, 0.1) is 23.2 Å². The molecule has 4 bridgehead atoms. The lowest BCUT2D eigenvalue weighted by molar-refractivity contribution is -0.0681. The van der Waals surface area contributed by atoms with Crippen LogP contribution in [0.2, 0.25) is 0 Å². The van der Waals surface area contributed by atoms with E-state index in [1.165, 1.54) is 38.5 Å². The number of urea groups is 1. The fourth-order valence-electron chi connectivity index (χ4n) is 5.88. The molecule has 0 saturated heterocycles. The third-order valence-corrected chi connectivity index (χ3v) is 6.64. The first-order valence-electron chi connectivity index (χ1n) is 9.42. The van der Waals surface area contributed by atoms with Crippen LogP contribution in [0.15, 0.2) is 36.5 Å². The molecule has 0 radical (unpaired) electrons. The molecule has 3 nitrogen and oxygen atoms in total. The summed E-state index contributed by atoms with van der Waals surface area (Å²) in [6, 6.07) is 10.2. The van der Waals surface area contributed by atoms with Crippen LogP contribution >= 0.6 is 0 Å². The SMILES string of the molecule is CC(NC(=O)N/C=C/c1ccccc1)C12CC3CC(CC(C3)C1)C2. The summed E-state index contributed by atoms with van der Waals surface area (Å²) in [5.41, 5.74) is 1.45. The van der Waals surface area contributed by atoms with E-state index in [0.717, 1.165) is 23.3 Å². The topological polar surface area (TPSA) is 41.1 Å².